The molecule has 0 unspecified atom stereocenters. The van der Waals surface area contributed by atoms with Crippen molar-refractivity contribution < 1.29 is 9.53 Å². The molecule has 6 nitrogen and oxygen atoms in total. The summed E-state index contributed by atoms with van der Waals surface area (Å²) in [4.78, 5) is 18.0. The van der Waals surface area contributed by atoms with Gasteiger partial charge in [0.2, 0.25) is 0 Å². The van der Waals surface area contributed by atoms with Crippen LogP contribution in [0.25, 0.3) is 11.4 Å². The van der Waals surface area contributed by atoms with Gasteiger partial charge in [0.15, 0.2) is 5.69 Å². The highest BCUT2D eigenvalue weighted by Gasteiger charge is 2.16. The van der Waals surface area contributed by atoms with Crippen LogP contribution in [0.2, 0.25) is 0 Å². The minimum Gasteiger partial charge on any atom is -0.487 e. The molecular weight excluding hydrogens is 316 g/mol. The molecule has 0 N–H and O–H groups in total. The van der Waals surface area contributed by atoms with Crippen molar-refractivity contribution in [2.45, 2.75) is 6.61 Å². The van der Waals surface area contributed by atoms with Gasteiger partial charge in [-0.2, -0.15) is 5.10 Å². The third-order valence-corrected chi connectivity index (χ3v) is 3.75. The number of ether oxygens (including phenoxy) is 1. The molecule has 0 saturated heterocycles. The first-order chi connectivity index (χ1) is 12.0. The van der Waals surface area contributed by atoms with E-state index in [1.54, 1.807) is 38.1 Å². The fourth-order valence-corrected chi connectivity index (χ4v) is 2.40. The van der Waals surface area contributed by atoms with Crippen LogP contribution >= 0.6 is 0 Å². The van der Waals surface area contributed by atoms with Crippen molar-refractivity contribution in [1.29, 1.82) is 0 Å². The summed E-state index contributed by atoms with van der Waals surface area (Å²) in [6, 6.07) is 15.4. The second-order valence-electron chi connectivity index (χ2n) is 5.89. The maximum atomic E-state index is 12.0. The molecule has 2 aromatic heterocycles. The van der Waals surface area contributed by atoms with Gasteiger partial charge in [0, 0.05) is 21.1 Å². The Morgan fingerprint density at radius 3 is 2.56 bits per heavy atom. The van der Waals surface area contributed by atoms with E-state index in [1.807, 2.05) is 42.5 Å². The molecule has 0 bridgehead atoms. The fourth-order valence-electron chi connectivity index (χ4n) is 2.40. The Morgan fingerprint density at radius 2 is 1.92 bits per heavy atom. The van der Waals surface area contributed by atoms with Crippen molar-refractivity contribution in [3.63, 3.8) is 0 Å². The zero-order valence-corrected chi connectivity index (χ0v) is 14.5. The summed E-state index contributed by atoms with van der Waals surface area (Å²) in [6.45, 7) is 0.495. The first kappa shape index (κ1) is 16.7. The number of rotatable bonds is 5. The van der Waals surface area contributed by atoms with Crippen LogP contribution in [0, 0.1) is 0 Å². The number of nitrogens with zero attached hydrogens (tertiary/aromatic N) is 4. The highest BCUT2D eigenvalue weighted by Crippen LogP contribution is 2.21. The number of hydrogen-bond acceptors (Lipinski definition) is 4. The number of pyridine rings is 1. The standard InChI is InChI=1S/C19H20N4O2/c1-22(2)19(24)17-11-18(23(3)21-17)16-10-9-15(12-20-16)25-13-14-7-5-4-6-8-14/h4-12H,13H2,1-3H3. The minimum absolute atomic E-state index is 0.135. The van der Waals surface area contributed by atoms with Gasteiger partial charge in [0.05, 0.1) is 17.6 Å². The molecule has 0 spiro atoms. The number of amides is 1. The average molecular weight is 336 g/mol. The normalized spacial score (nSPS) is 10.5. The number of aromatic nitrogens is 3. The van der Waals surface area contributed by atoms with Crippen molar-refractivity contribution >= 4 is 5.91 Å². The maximum Gasteiger partial charge on any atom is 0.273 e. The number of benzene rings is 1. The molecule has 128 valence electrons. The lowest BCUT2D eigenvalue weighted by molar-refractivity contribution is 0.0821. The lowest BCUT2D eigenvalue weighted by atomic mass is 10.2. The summed E-state index contributed by atoms with van der Waals surface area (Å²) in [5, 5.41) is 4.26. The van der Waals surface area contributed by atoms with Crippen LogP contribution in [0.5, 0.6) is 5.75 Å². The molecule has 2 heterocycles. The van der Waals surface area contributed by atoms with E-state index >= 15 is 0 Å². The van der Waals surface area contributed by atoms with Crippen molar-refractivity contribution in [3.8, 4) is 17.1 Å². The molecule has 3 aromatic rings. The van der Waals surface area contributed by atoms with Crippen molar-refractivity contribution in [3.05, 3.63) is 66.0 Å². The molecule has 0 saturated carbocycles. The smallest absolute Gasteiger partial charge is 0.273 e. The topological polar surface area (TPSA) is 60.3 Å². The fraction of sp³-hybridized carbons (Fsp3) is 0.211. The van der Waals surface area contributed by atoms with Crippen LogP contribution in [-0.4, -0.2) is 39.7 Å². The summed E-state index contributed by atoms with van der Waals surface area (Å²) in [7, 11) is 5.20. The van der Waals surface area contributed by atoms with Gasteiger partial charge in [0.25, 0.3) is 5.91 Å². The Balaban J connectivity index is 1.73. The third-order valence-electron chi connectivity index (χ3n) is 3.75. The highest BCUT2D eigenvalue weighted by molar-refractivity contribution is 5.93. The number of hydrogen-bond donors (Lipinski definition) is 0. The van der Waals surface area contributed by atoms with Crippen LogP contribution in [0.4, 0.5) is 0 Å². The molecule has 1 aromatic carbocycles. The summed E-state index contributed by atoms with van der Waals surface area (Å²) < 4.78 is 7.40. The molecule has 0 radical (unpaired) electrons. The summed E-state index contributed by atoms with van der Waals surface area (Å²) in [5.74, 6) is 0.559. The van der Waals surface area contributed by atoms with E-state index in [2.05, 4.69) is 10.1 Å². The third kappa shape index (κ3) is 3.85. The molecule has 0 fully saturated rings. The van der Waals surface area contributed by atoms with E-state index in [0.717, 1.165) is 17.0 Å². The predicted octanol–water partition coefficient (Wildman–Crippen LogP) is 2.76. The summed E-state index contributed by atoms with van der Waals surface area (Å²) in [5.41, 5.74) is 3.01. The molecule has 0 aliphatic rings. The number of aryl methyl sites for hydroxylation is 1. The van der Waals surface area contributed by atoms with E-state index < -0.39 is 0 Å². The van der Waals surface area contributed by atoms with Crippen molar-refractivity contribution in [2.75, 3.05) is 14.1 Å². The first-order valence-electron chi connectivity index (χ1n) is 7.93. The monoisotopic (exact) mass is 336 g/mol. The van der Waals surface area contributed by atoms with Gasteiger partial charge in [-0.05, 0) is 23.8 Å². The van der Waals surface area contributed by atoms with Crippen LogP contribution in [-0.2, 0) is 13.7 Å². The van der Waals surface area contributed by atoms with E-state index in [4.69, 9.17) is 4.74 Å². The van der Waals surface area contributed by atoms with Crippen LogP contribution in [0.1, 0.15) is 16.1 Å². The lowest BCUT2D eigenvalue weighted by Gasteiger charge is -2.07. The minimum atomic E-state index is -0.135. The SMILES string of the molecule is CN(C)C(=O)c1cc(-c2ccc(OCc3ccccc3)cn2)n(C)n1. The van der Waals surface area contributed by atoms with E-state index in [9.17, 15) is 4.79 Å². The van der Waals surface area contributed by atoms with Gasteiger partial charge in [-0.1, -0.05) is 30.3 Å². The van der Waals surface area contributed by atoms with Crippen LogP contribution in [0.15, 0.2) is 54.7 Å². The van der Waals surface area contributed by atoms with Gasteiger partial charge >= 0.3 is 0 Å². The second-order valence-corrected chi connectivity index (χ2v) is 5.89. The molecular formula is C19H20N4O2. The number of carbonyl (C=O) groups excluding carboxylic acids is 1. The molecule has 1 amide bonds. The van der Waals surface area contributed by atoms with E-state index in [-0.39, 0.29) is 5.91 Å². The molecule has 0 aliphatic carbocycles. The Hall–Kier alpha value is -3.15. The van der Waals surface area contributed by atoms with Gasteiger partial charge < -0.3 is 9.64 Å². The van der Waals surface area contributed by atoms with E-state index in [1.165, 1.54) is 4.90 Å². The first-order valence-corrected chi connectivity index (χ1v) is 7.93. The van der Waals surface area contributed by atoms with Crippen molar-refractivity contribution in [1.82, 2.24) is 19.7 Å². The van der Waals surface area contributed by atoms with Gasteiger partial charge in [-0.25, -0.2) is 0 Å². The van der Waals surface area contributed by atoms with Gasteiger partial charge in [-0.3, -0.25) is 14.5 Å². The molecule has 6 heteroatoms. The summed E-state index contributed by atoms with van der Waals surface area (Å²) in [6.07, 6.45) is 1.68. The molecule has 0 atom stereocenters. The lowest BCUT2D eigenvalue weighted by Crippen LogP contribution is -2.22. The Bertz CT molecular complexity index is 855. The zero-order chi connectivity index (χ0) is 17.8. The quantitative estimate of drug-likeness (QED) is 0.719. The van der Waals surface area contributed by atoms with Crippen LogP contribution < -0.4 is 4.74 Å². The Kier molecular flexibility index (Phi) is 4.79. The van der Waals surface area contributed by atoms with Crippen LogP contribution in [0.3, 0.4) is 0 Å². The Labute approximate surface area is 146 Å². The van der Waals surface area contributed by atoms with Crippen molar-refractivity contribution in [2.24, 2.45) is 7.05 Å². The zero-order valence-electron chi connectivity index (χ0n) is 14.5. The molecule has 25 heavy (non-hydrogen) atoms. The molecule has 0 aliphatic heterocycles. The second kappa shape index (κ2) is 7.17. The average Bonchev–Trinajstić information content (AvgIpc) is 3.02. The number of carbonyl (C=O) groups is 1. The maximum absolute atomic E-state index is 12.0. The Morgan fingerprint density at radius 1 is 1.16 bits per heavy atom. The molecule has 3 rings (SSSR count). The van der Waals surface area contributed by atoms with Gasteiger partial charge in [-0.15, -0.1) is 0 Å². The van der Waals surface area contributed by atoms with Gasteiger partial charge in [0.1, 0.15) is 12.4 Å². The van der Waals surface area contributed by atoms with E-state index in [0.29, 0.717) is 18.1 Å². The largest absolute Gasteiger partial charge is 0.487 e. The summed E-state index contributed by atoms with van der Waals surface area (Å²) >= 11 is 0. The highest BCUT2D eigenvalue weighted by atomic mass is 16.5. The predicted molar refractivity (Wildman–Crippen MR) is 95.2 cm³/mol.